The Hall–Kier alpha value is -0.730. The maximum atomic E-state index is 6.11. The van der Waals surface area contributed by atoms with E-state index in [9.17, 15) is 0 Å². The zero-order valence-electron chi connectivity index (χ0n) is 10.5. The van der Waals surface area contributed by atoms with Gasteiger partial charge in [0.2, 0.25) is 0 Å². The standard InChI is InChI=1S/C14H21ClN2/c1-2-7-16-11-12-5-6-13(15)10-14(12)17-8-3-4-9-17/h5-6,10,16H,2-4,7-9,11H2,1H3. The second-order valence-corrected chi connectivity index (χ2v) is 5.08. The largest absolute Gasteiger partial charge is 0.371 e. The first-order chi connectivity index (χ1) is 8.31. The number of benzene rings is 1. The van der Waals surface area contributed by atoms with Gasteiger partial charge >= 0.3 is 0 Å². The van der Waals surface area contributed by atoms with E-state index < -0.39 is 0 Å². The van der Waals surface area contributed by atoms with Crippen molar-refractivity contribution in [2.75, 3.05) is 24.5 Å². The highest BCUT2D eigenvalue weighted by molar-refractivity contribution is 6.30. The molecule has 17 heavy (non-hydrogen) atoms. The van der Waals surface area contributed by atoms with Gasteiger partial charge in [0.05, 0.1) is 0 Å². The van der Waals surface area contributed by atoms with Gasteiger partial charge in [0, 0.05) is 30.3 Å². The molecule has 1 fully saturated rings. The number of anilines is 1. The van der Waals surface area contributed by atoms with Crippen molar-refractivity contribution in [1.82, 2.24) is 5.32 Å². The molecule has 3 heteroatoms. The van der Waals surface area contributed by atoms with Crippen molar-refractivity contribution in [2.24, 2.45) is 0 Å². The highest BCUT2D eigenvalue weighted by Crippen LogP contribution is 2.27. The van der Waals surface area contributed by atoms with Crippen molar-refractivity contribution in [2.45, 2.75) is 32.7 Å². The molecule has 1 aliphatic rings. The van der Waals surface area contributed by atoms with E-state index in [1.807, 2.05) is 6.07 Å². The van der Waals surface area contributed by atoms with E-state index in [0.717, 1.165) is 18.1 Å². The fourth-order valence-electron chi connectivity index (χ4n) is 2.34. The molecular weight excluding hydrogens is 232 g/mol. The van der Waals surface area contributed by atoms with Crippen molar-refractivity contribution in [1.29, 1.82) is 0 Å². The van der Waals surface area contributed by atoms with E-state index in [1.54, 1.807) is 0 Å². The van der Waals surface area contributed by atoms with Crippen LogP contribution in [0.1, 0.15) is 31.7 Å². The predicted molar refractivity (Wildman–Crippen MR) is 74.9 cm³/mol. The van der Waals surface area contributed by atoms with Crippen LogP contribution in [-0.4, -0.2) is 19.6 Å². The van der Waals surface area contributed by atoms with Gasteiger partial charge in [0.25, 0.3) is 0 Å². The fourth-order valence-corrected chi connectivity index (χ4v) is 2.51. The average Bonchev–Trinajstić information content (AvgIpc) is 2.85. The summed E-state index contributed by atoms with van der Waals surface area (Å²) in [6, 6.07) is 6.25. The third-order valence-electron chi connectivity index (χ3n) is 3.24. The number of hydrogen-bond acceptors (Lipinski definition) is 2. The summed E-state index contributed by atoms with van der Waals surface area (Å²) in [7, 11) is 0. The van der Waals surface area contributed by atoms with E-state index in [2.05, 4.69) is 29.3 Å². The zero-order chi connectivity index (χ0) is 12.1. The molecule has 0 spiro atoms. The van der Waals surface area contributed by atoms with Gasteiger partial charge in [-0.2, -0.15) is 0 Å². The molecule has 0 atom stereocenters. The Morgan fingerprint density at radius 2 is 2.06 bits per heavy atom. The molecule has 0 amide bonds. The lowest BCUT2D eigenvalue weighted by Crippen LogP contribution is -2.22. The second-order valence-electron chi connectivity index (χ2n) is 4.64. The van der Waals surface area contributed by atoms with Crippen LogP contribution in [0.25, 0.3) is 0 Å². The quantitative estimate of drug-likeness (QED) is 0.808. The topological polar surface area (TPSA) is 15.3 Å². The van der Waals surface area contributed by atoms with Crippen LogP contribution in [0.4, 0.5) is 5.69 Å². The number of nitrogens with zero attached hydrogens (tertiary/aromatic N) is 1. The van der Waals surface area contributed by atoms with E-state index >= 15 is 0 Å². The molecule has 1 saturated heterocycles. The number of halogens is 1. The minimum absolute atomic E-state index is 0.839. The van der Waals surface area contributed by atoms with Gasteiger partial charge in [-0.1, -0.05) is 24.6 Å². The van der Waals surface area contributed by atoms with Crippen LogP contribution >= 0.6 is 11.6 Å². The van der Waals surface area contributed by atoms with Crippen molar-refractivity contribution >= 4 is 17.3 Å². The van der Waals surface area contributed by atoms with Crippen molar-refractivity contribution in [3.8, 4) is 0 Å². The van der Waals surface area contributed by atoms with Crippen LogP contribution in [0, 0.1) is 0 Å². The lowest BCUT2D eigenvalue weighted by molar-refractivity contribution is 0.674. The van der Waals surface area contributed by atoms with Crippen LogP contribution in [0.3, 0.4) is 0 Å². The lowest BCUT2D eigenvalue weighted by atomic mass is 10.1. The lowest BCUT2D eigenvalue weighted by Gasteiger charge is -2.22. The normalized spacial score (nSPS) is 15.5. The molecule has 0 unspecified atom stereocenters. The summed E-state index contributed by atoms with van der Waals surface area (Å²) in [5.74, 6) is 0. The Morgan fingerprint density at radius 3 is 2.76 bits per heavy atom. The molecular formula is C14H21ClN2. The Morgan fingerprint density at radius 1 is 1.29 bits per heavy atom. The molecule has 0 saturated carbocycles. The summed E-state index contributed by atoms with van der Waals surface area (Å²) < 4.78 is 0. The summed E-state index contributed by atoms with van der Waals surface area (Å²) in [6.07, 6.45) is 3.77. The number of rotatable bonds is 5. The first-order valence-electron chi connectivity index (χ1n) is 6.55. The molecule has 1 aromatic rings. The Labute approximate surface area is 109 Å². The van der Waals surface area contributed by atoms with Crippen LogP contribution in [-0.2, 0) is 6.54 Å². The molecule has 1 N–H and O–H groups in total. The maximum absolute atomic E-state index is 6.11. The smallest absolute Gasteiger partial charge is 0.0426 e. The molecule has 0 bridgehead atoms. The third kappa shape index (κ3) is 3.36. The first-order valence-corrected chi connectivity index (χ1v) is 6.93. The summed E-state index contributed by atoms with van der Waals surface area (Å²) in [5.41, 5.74) is 2.68. The van der Waals surface area contributed by atoms with Gasteiger partial charge in [-0.3, -0.25) is 0 Å². The Bertz CT molecular complexity index is 359. The number of nitrogens with one attached hydrogen (secondary N) is 1. The summed E-state index contributed by atoms with van der Waals surface area (Å²) in [6.45, 7) is 6.54. The van der Waals surface area contributed by atoms with E-state index in [1.165, 1.54) is 43.6 Å². The van der Waals surface area contributed by atoms with Crippen LogP contribution < -0.4 is 10.2 Å². The Kier molecular flexibility index (Phi) is 4.69. The third-order valence-corrected chi connectivity index (χ3v) is 3.47. The van der Waals surface area contributed by atoms with Gasteiger partial charge in [0.15, 0.2) is 0 Å². The highest BCUT2D eigenvalue weighted by Gasteiger charge is 2.15. The molecule has 2 nitrogen and oxygen atoms in total. The summed E-state index contributed by atoms with van der Waals surface area (Å²) >= 11 is 6.11. The number of hydrogen-bond donors (Lipinski definition) is 1. The van der Waals surface area contributed by atoms with Crippen molar-refractivity contribution in [3.05, 3.63) is 28.8 Å². The monoisotopic (exact) mass is 252 g/mol. The fraction of sp³-hybridized carbons (Fsp3) is 0.571. The second kappa shape index (κ2) is 6.27. The van der Waals surface area contributed by atoms with Crippen LogP contribution in [0.15, 0.2) is 18.2 Å². The zero-order valence-corrected chi connectivity index (χ0v) is 11.3. The average molecular weight is 253 g/mol. The molecule has 94 valence electrons. The SMILES string of the molecule is CCCNCc1ccc(Cl)cc1N1CCCC1. The van der Waals surface area contributed by atoms with Crippen molar-refractivity contribution in [3.63, 3.8) is 0 Å². The van der Waals surface area contributed by atoms with Gasteiger partial charge in [-0.15, -0.1) is 0 Å². The first kappa shape index (κ1) is 12.7. The highest BCUT2D eigenvalue weighted by atomic mass is 35.5. The molecule has 2 rings (SSSR count). The van der Waals surface area contributed by atoms with E-state index in [0.29, 0.717) is 0 Å². The molecule has 0 aliphatic carbocycles. The molecule has 1 aromatic carbocycles. The Balaban J connectivity index is 2.12. The van der Waals surface area contributed by atoms with E-state index in [-0.39, 0.29) is 0 Å². The molecule has 1 aliphatic heterocycles. The van der Waals surface area contributed by atoms with Gasteiger partial charge < -0.3 is 10.2 Å². The summed E-state index contributed by atoms with van der Waals surface area (Å²) in [4.78, 5) is 2.45. The molecule has 1 heterocycles. The predicted octanol–water partition coefficient (Wildman–Crippen LogP) is 3.44. The summed E-state index contributed by atoms with van der Waals surface area (Å²) in [5, 5.41) is 4.30. The van der Waals surface area contributed by atoms with Crippen LogP contribution in [0.5, 0.6) is 0 Å². The molecule has 0 radical (unpaired) electrons. The molecule has 0 aromatic heterocycles. The minimum atomic E-state index is 0.839. The van der Waals surface area contributed by atoms with Gasteiger partial charge in [-0.05, 0) is 43.5 Å². The van der Waals surface area contributed by atoms with Gasteiger partial charge in [-0.25, -0.2) is 0 Å². The van der Waals surface area contributed by atoms with E-state index in [4.69, 9.17) is 11.6 Å². The minimum Gasteiger partial charge on any atom is -0.371 e. The van der Waals surface area contributed by atoms with Gasteiger partial charge in [0.1, 0.15) is 0 Å². The van der Waals surface area contributed by atoms with Crippen LogP contribution in [0.2, 0.25) is 5.02 Å². The van der Waals surface area contributed by atoms with Crippen molar-refractivity contribution < 1.29 is 0 Å². The maximum Gasteiger partial charge on any atom is 0.0426 e.